The summed E-state index contributed by atoms with van der Waals surface area (Å²) in [6.07, 6.45) is 0. The zero-order valence-corrected chi connectivity index (χ0v) is 13.1. The number of aromatic hydroxyl groups is 1. The van der Waals surface area contributed by atoms with Crippen molar-refractivity contribution in [1.29, 1.82) is 5.26 Å². The molecule has 0 radical (unpaired) electrons. The standard InChI is InChI=1S/C15H22N4O3/c1-11-12(9-16)14(21)19(7-8-20)15(22)13(11)10-18-5-3-17(2)4-6-18/h20,22H,3-8,10H2,1-2H3/p+2. The molecule has 120 valence electrons. The Bertz CT molecular complexity index is 640. The predicted octanol–water partition coefficient (Wildman–Crippen LogP) is -3.36. The fraction of sp³-hybridized carbons (Fsp3) is 0.600. The van der Waals surface area contributed by atoms with E-state index in [9.17, 15) is 15.2 Å². The van der Waals surface area contributed by atoms with Crippen molar-refractivity contribution in [3.8, 4) is 11.9 Å². The first-order chi connectivity index (χ1) is 10.5. The highest BCUT2D eigenvalue weighted by Gasteiger charge is 2.25. The lowest BCUT2D eigenvalue weighted by Crippen LogP contribution is -3.26. The third-order valence-electron chi connectivity index (χ3n) is 4.49. The van der Waals surface area contributed by atoms with E-state index in [1.807, 2.05) is 6.07 Å². The number of likely N-dealkylation sites (N-methyl/N-ethyl adjacent to an activating group) is 1. The quantitative estimate of drug-likeness (QED) is 0.467. The minimum Gasteiger partial charge on any atom is -0.494 e. The molecule has 2 heterocycles. The molecule has 0 atom stereocenters. The summed E-state index contributed by atoms with van der Waals surface area (Å²) < 4.78 is 1.10. The molecule has 1 aliphatic heterocycles. The van der Waals surface area contributed by atoms with Gasteiger partial charge in [0.1, 0.15) is 44.4 Å². The van der Waals surface area contributed by atoms with Gasteiger partial charge < -0.3 is 20.0 Å². The Kier molecular flexibility index (Phi) is 5.19. The second-order valence-electron chi connectivity index (χ2n) is 5.98. The molecule has 7 heteroatoms. The Morgan fingerprint density at radius 1 is 1.32 bits per heavy atom. The summed E-state index contributed by atoms with van der Waals surface area (Å²) in [7, 11) is 2.16. The molecule has 0 saturated carbocycles. The molecule has 4 N–H and O–H groups in total. The van der Waals surface area contributed by atoms with Crippen LogP contribution in [0.25, 0.3) is 0 Å². The maximum atomic E-state index is 12.2. The Balaban J connectivity index is 2.40. The van der Waals surface area contributed by atoms with Gasteiger partial charge in [0, 0.05) is 0 Å². The monoisotopic (exact) mass is 308 g/mol. The van der Waals surface area contributed by atoms with Crippen molar-refractivity contribution in [1.82, 2.24) is 4.57 Å². The Morgan fingerprint density at radius 2 is 1.95 bits per heavy atom. The number of hydrogen-bond acceptors (Lipinski definition) is 4. The van der Waals surface area contributed by atoms with Gasteiger partial charge in [-0.3, -0.25) is 9.36 Å². The van der Waals surface area contributed by atoms with Gasteiger partial charge in [-0.2, -0.15) is 5.26 Å². The van der Waals surface area contributed by atoms with Crippen molar-refractivity contribution < 1.29 is 20.0 Å². The molecule has 0 aromatic carbocycles. The van der Waals surface area contributed by atoms with Crippen molar-refractivity contribution >= 4 is 0 Å². The lowest BCUT2D eigenvalue weighted by atomic mass is 10.0. The number of aromatic nitrogens is 1. The van der Waals surface area contributed by atoms with E-state index in [4.69, 9.17) is 5.11 Å². The van der Waals surface area contributed by atoms with Crippen LogP contribution >= 0.6 is 0 Å². The average Bonchev–Trinajstić information content (AvgIpc) is 2.50. The number of piperazine rings is 1. The number of nitrogens with zero attached hydrogens (tertiary/aromatic N) is 2. The molecule has 2 rings (SSSR count). The molecule has 0 aliphatic carbocycles. The fourth-order valence-corrected chi connectivity index (χ4v) is 2.98. The maximum Gasteiger partial charge on any atom is 0.271 e. The van der Waals surface area contributed by atoms with Gasteiger partial charge in [0.05, 0.1) is 25.8 Å². The Labute approximate surface area is 129 Å². The van der Waals surface area contributed by atoms with Crippen LogP contribution in [0.15, 0.2) is 4.79 Å². The van der Waals surface area contributed by atoms with Gasteiger partial charge in [0.25, 0.3) is 5.56 Å². The van der Waals surface area contributed by atoms with Crippen LogP contribution in [0.1, 0.15) is 16.7 Å². The molecule has 0 bridgehead atoms. The normalized spacial score (nSPS) is 21.5. The molecule has 0 amide bonds. The van der Waals surface area contributed by atoms with Gasteiger partial charge in [0.15, 0.2) is 0 Å². The van der Waals surface area contributed by atoms with Crippen LogP contribution in [0.4, 0.5) is 0 Å². The molecule has 0 unspecified atom stereocenters. The largest absolute Gasteiger partial charge is 0.494 e. The van der Waals surface area contributed by atoms with Crippen LogP contribution in [-0.2, 0) is 13.1 Å². The van der Waals surface area contributed by atoms with E-state index in [0.717, 1.165) is 30.7 Å². The summed E-state index contributed by atoms with van der Waals surface area (Å²) in [5, 5.41) is 28.7. The molecule has 1 aromatic heterocycles. The number of pyridine rings is 1. The van der Waals surface area contributed by atoms with Gasteiger partial charge in [-0.15, -0.1) is 0 Å². The van der Waals surface area contributed by atoms with Crippen molar-refractivity contribution in [3.05, 3.63) is 27.0 Å². The number of hydrogen-bond donors (Lipinski definition) is 4. The SMILES string of the molecule is Cc1c(C[NH+]2CC[NH+](C)CC2)c(O)n(CCO)c(=O)c1C#N. The van der Waals surface area contributed by atoms with Crippen LogP contribution in [0.2, 0.25) is 0 Å². The molecule has 1 saturated heterocycles. The molecule has 0 spiro atoms. The molecule has 7 nitrogen and oxygen atoms in total. The summed E-state index contributed by atoms with van der Waals surface area (Å²) in [5.41, 5.74) is 0.714. The maximum absolute atomic E-state index is 12.2. The van der Waals surface area contributed by atoms with Crippen molar-refractivity contribution in [2.45, 2.75) is 20.0 Å². The number of rotatable bonds is 4. The van der Waals surface area contributed by atoms with Crippen LogP contribution in [0.3, 0.4) is 0 Å². The molecular formula is C15H24N4O3+2. The zero-order valence-electron chi connectivity index (χ0n) is 13.1. The minimum atomic E-state index is -0.534. The highest BCUT2D eigenvalue weighted by molar-refractivity contribution is 5.44. The van der Waals surface area contributed by atoms with Crippen LogP contribution < -0.4 is 15.4 Å². The van der Waals surface area contributed by atoms with E-state index in [1.165, 1.54) is 9.80 Å². The number of nitriles is 1. The van der Waals surface area contributed by atoms with E-state index < -0.39 is 5.56 Å². The third-order valence-corrected chi connectivity index (χ3v) is 4.49. The highest BCUT2D eigenvalue weighted by Crippen LogP contribution is 2.20. The fourth-order valence-electron chi connectivity index (χ4n) is 2.98. The van der Waals surface area contributed by atoms with Gasteiger partial charge >= 0.3 is 0 Å². The predicted molar refractivity (Wildman–Crippen MR) is 79.9 cm³/mol. The number of aliphatic hydroxyl groups excluding tert-OH is 1. The summed E-state index contributed by atoms with van der Waals surface area (Å²) in [6.45, 7) is 6.15. The summed E-state index contributed by atoms with van der Waals surface area (Å²) in [6, 6.07) is 1.93. The molecule has 22 heavy (non-hydrogen) atoms. The van der Waals surface area contributed by atoms with Crippen LogP contribution in [0.5, 0.6) is 5.88 Å². The first kappa shape index (κ1) is 16.5. The average molecular weight is 308 g/mol. The van der Waals surface area contributed by atoms with Crippen molar-refractivity contribution in [2.24, 2.45) is 0 Å². The molecule has 1 aromatic rings. The topological polar surface area (TPSA) is 95.1 Å². The van der Waals surface area contributed by atoms with E-state index in [2.05, 4.69) is 7.05 Å². The van der Waals surface area contributed by atoms with Gasteiger partial charge in [-0.1, -0.05) is 0 Å². The first-order valence-electron chi connectivity index (χ1n) is 7.60. The lowest BCUT2D eigenvalue weighted by molar-refractivity contribution is -1.01. The van der Waals surface area contributed by atoms with E-state index >= 15 is 0 Å². The number of quaternary nitrogens is 2. The van der Waals surface area contributed by atoms with E-state index in [0.29, 0.717) is 17.7 Å². The first-order valence-corrected chi connectivity index (χ1v) is 7.60. The van der Waals surface area contributed by atoms with Gasteiger partial charge in [-0.25, -0.2) is 0 Å². The van der Waals surface area contributed by atoms with Gasteiger partial charge in [-0.05, 0) is 12.5 Å². The minimum absolute atomic E-state index is 0.00511. The van der Waals surface area contributed by atoms with E-state index in [-0.39, 0.29) is 24.6 Å². The highest BCUT2D eigenvalue weighted by atomic mass is 16.3. The molecule has 1 aliphatic rings. The van der Waals surface area contributed by atoms with Gasteiger partial charge in [0.2, 0.25) is 5.88 Å². The lowest BCUT2D eigenvalue weighted by Gasteiger charge is -2.28. The third kappa shape index (κ3) is 3.14. The summed E-state index contributed by atoms with van der Waals surface area (Å²) in [4.78, 5) is 15.0. The second kappa shape index (κ2) is 6.92. The van der Waals surface area contributed by atoms with Crippen molar-refractivity contribution in [3.63, 3.8) is 0 Å². The van der Waals surface area contributed by atoms with Crippen LogP contribution in [-0.4, -0.2) is 54.6 Å². The number of nitrogens with one attached hydrogen (secondary N) is 2. The second-order valence-corrected chi connectivity index (χ2v) is 5.98. The smallest absolute Gasteiger partial charge is 0.271 e. The zero-order chi connectivity index (χ0) is 16.3. The van der Waals surface area contributed by atoms with E-state index in [1.54, 1.807) is 6.92 Å². The molecule has 1 fully saturated rings. The summed E-state index contributed by atoms with van der Waals surface area (Å²) >= 11 is 0. The van der Waals surface area contributed by atoms with Crippen LogP contribution in [0, 0.1) is 18.3 Å². The van der Waals surface area contributed by atoms with Crippen molar-refractivity contribution in [2.75, 3.05) is 39.8 Å². The number of aliphatic hydroxyl groups is 1. The Hall–Kier alpha value is -1.88. The Morgan fingerprint density at radius 3 is 2.50 bits per heavy atom. The molecular weight excluding hydrogens is 284 g/mol. The summed E-state index contributed by atoms with van der Waals surface area (Å²) in [5.74, 6) is -0.116.